The number of aromatic nitrogens is 1. The molecule has 1 aromatic carbocycles. The van der Waals surface area contributed by atoms with E-state index in [1.165, 1.54) is 0 Å². The minimum absolute atomic E-state index is 0.0752. The van der Waals surface area contributed by atoms with E-state index in [-0.39, 0.29) is 11.7 Å². The second kappa shape index (κ2) is 6.90. The molecule has 2 heterocycles. The third kappa shape index (κ3) is 3.13. The number of pyridine rings is 1. The number of nitrogens with one attached hydrogen (secondary N) is 1. The Morgan fingerprint density at radius 1 is 1.23 bits per heavy atom. The summed E-state index contributed by atoms with van der Waals surface area (Å²) in [6, 6.07) is 14.0. The van der Waals surface area contributed by atoms with Gasteiger partial charge in [0.2, 0.25) is 0 Å². The van der Waals surface area contributed by atoms with E-state index >= 15 is 0 Å². The summed E-state index contributed by atoms with van der Waals surface area (Å²) in [5, 5.41) is 3.06. The van der Waals surface area contributed by atoms with Crippen LogP contribution in [0.15, 0.2) is 47.3 Å². The number of benzene rings is 1. The zero-order chi connectivity index (χ0) is 15.4. The van der Waals surface area contributed by atoms with Crippen molar-refractivity contribution in [1.29, 1.82) is 0 Å². The lowest BCUT2D eigenvalue weighted by atomic mass is 10.1. The summed E-state index contributed by atoms with van der Waals surface area (Å²) < 4.78 is 7.60. The van der Waals surface area contributed by atoms with E-state index in [2.05, 4.69) is 5.32 Å². The Bertz CT molecular complexity index is 673. The van der Waals surface area contributed by atoms with Crippen LogP contribution in [0, 0.1) is 0 Å². The van der Waals surface area contributed by atoms with Crippen molar-refractivity contribution in [2.24, 2.45) is 0 Å². The maximum atomic E-state index is 12.8. The van der Waals surface area contributed by atoms with Crippen molar-refractivity contribution in [2.45, 2.75) is 32.0 Å². The molecule has 1 N–H and O–H groups in total. The summed E-state index contributed by atoms with van der Waals surface area (Å²) in [7, 11) is 1.86. The molecule has 0 bridgehead atoms. The molecule has 4 nitrogen and oxygen atoms in total. The average molecular weight is 298 g/mol. The molecule has 0 amide bonds. The molecule has 0 saturated carbocycles. The Morgan fingerprint density at radius 2 is 2.05 bits per heavy atom. The van der Waals surface area contributed by atoms with Gasteiger partial charge in [0, 0.05) is 18.7 Å². The second-order valence-electron chi connectivity index (χ2n) is 5.69. The Balaban J connectivity index is 2.04. The third-order valence-electron chi connectivity index (χ3n) is 4.10. The van der Waals surface area contributed by atoms with Crippen molar-refractivity contribution in [3.8, 4) is 11.3 Å². The van der Waals surface area contributed by atoms with Gasteiger partial charge in [0.05, 0.1) is 18.3 Å². The van der Waals surface area contributed by atoms with Gasteiger partial charge in [-0.3, -0.25) is 4.79 Å². The molecule has 1 saturated heterocycles. The summed E-state index contributed by atoms with van der Waals surface area (Å²) in [6.07, 6.45) is 2.25. The van der Waals surface area contributed by atoms with E-state index < -0.39 is 0 Å². The number of hydrogen-bond acceptors (Lipinski definition) is 3. The molecule has 2 aromatic rings. The molecule has 116 valence electrons. The van der Waals surface area contributed by atoms with Crippen LogP contribution in [-0.2, 0) is 17.8 Å². The van der Waals surface area contributed by atoms with E-state index in [0.29, 0.717) is 13.1 Å². The zero-order valence-electron chi connectivity index (χ0n) is 12.9. The number of rotatable bonds is 5. The van der Waals surface area contributed by atoms with Gasteiger partial charge in [0.1, 0.15) is 0 Å². The number of hydrogen-bond donors (Lipinski definition) is 1. The summed E-state index contributed by atoms with van der Waals surface area (Å²) >= 11 is 0. The molecule has 1 unspecified atom stereocenters. The van der Waals surface area contributed by atoms with Gasteiger partial charge in [-0.25, -0.2) is 0 Å². The molecular formula is C18H22N2O2. The molecule has 1 aliphatic rings. The normalized spacial score (nSPS) is 17.8. The van der Waals surface area contributed by atoms with Crippen LogP contribution >= 0.6 is 0 Å². The fourth-order valence-electron chi connectivity index (χ4n) is 2.98. The van der Waals surface area contributed by atoms with E-state index in [1.807, 2.05) is 54.1 Å². The fourth-order valence-corrected chi connectivity index (χ4v) is 2.98. The fraction of sp³-hybridized carbons (Fsp3) is 0.389. The minimum atomic E-state index is 0.0752. The molecular weight excluding hydrogens is 276 g/mol. The van der Waals surface area contributed by atoms with Gasteiger partial charge in [0.25, 0.3) is 5.56 Å². The highest BCUT2D eigenvalue weighted by molar-refractivity contribution is 5.59. The molecule has 0 radical (unpaired) electrons. The maximum Gasteiger partial charge on any atom is 0.255 e. The summed E-state index contributed by atoms with van der Waals surface area (Å²) in [6.45, 7) is 2.01. The van der Waals surface area contributed by atoms with Crippen molar-refractivity contribution >= 4 is 0 Å². The zero-order valence-corrected chi connectivity index (χ0v) is 12.9. The highest BCUT2D eigenvalue weighted by Crippen LogP contribution is 2.21. The lowest BCUT2D eigenvalue weighted by molar-refractivity contribution is 0.0965. The molecule has 1 atom stereocenters. The average Bonchev–Trinajstić information content (AvgIpc) is 3.05. The van der Waals surface area contributed by atoms with Crippen molar-refractivity contribution in [1.82, 2.24) is 9.88 Å². The highest BCUT2D eigenvalue weighted by Gasteiger charge is 2.19. The smallest absolute Gasteiger partial charge is 0.255 e. The molecule has 1 fully saturated rings. The first-order valence-corrected chi connectivity index (χ1v) is 7.84. The van der Waals surface area contributed by atoms with Crippen molar-refractivity contribution in [2.75, 3.05) is 13.7 Å². The van der Waals surface area contributed by atoms with Crippen LogP contribution in [0.3, 0.4) is 0 Å². The van der Waals surface area contributed by atoms with Crippen LogP contribution in [0.1, 0.15) is 18.4 Å². The van der Waals surface area contributed by atoms with Gasteiger partial charge in [-0.15, -0.1) is 0 Å². The van der Waals surface area contributed by atoms with Crippen LogP contribution in [0.4, 0.5) is 0 Å². The lowest BCUT2D eigenvalue weighted by Gasteiger charge is -2.18. The van der Waals surface area contributed by atoms with Crippen molar-refractivity contribution in [3.05, 3.63) is 58.4 Å². The minimum Gasteiger partial charge on any atom is -0.376 e. The van der Waals surface area contributed by atoms with Gasteiger partial charge < -0.3 is 14.6 Å². The Kier molecular flexibility index (Phi) is 4.71. The highest BCUT2D eigenvalue weighted by atomic mass is 16.5. The van der Waals surface area contributed by atoms with Crippen LogP contribution in [0.5, 0.6) is 0 Å². The molecule has 22 heavy (non-hydrogen) atoms. The third-order valence-corrected chi connectivity index (χ3v) is 4.10. The quantitative estimate of drug-likeness (QED) is 0.922. The van der Waals surface area contributed by atoms with Gasteiger partial charge in [0.15, 0.2) is 0 Å². The summed E-state index contributed by atoms with van der Waals surface area (Å²) in [4.78, 5) is 12.8. The van der Waals surface area contributed by atoms with Crippen molar-refractivity contribution in [3.63, 3.8) is 0 Å². The van der Waals surface area contributed by atoms with Gasteiger partial charge >= 0.3 is 0 Å². The largest absolute Gasteiger partial charge is 0.376 e. The van der Waals surface area contributed by atoms with Gasteiger partial charge in [-0.1, -0.05) is 36.4 Å². The summed E-state index contributed by atoms with van der Waals surface area (Å²) in [5.41, 5.74) is 2.89. The molecule has 0 spiro atoms. The van der Waals surface area contributed by atoms with Crippen molar-refractivity contribution < 1.29 is 4.74 Å². The number of ether oxygens (including phenoxy) is 1. The Morgan fingerprint density at radius 3 is 2.73 bits per heavy atom. The Labute approximate surface area is 130 Å². The van der Waals surface area contributed by atoms with Crippen LogP contribution < -0.4 is 10.9 Å². The van der Waals surface area contributed by atoms with Gasteiger partial charge in [-0.05, 0) is 31.5 Å². The first-order valence-electron chi connectivity index (χ1n) is 7.84. The van der Waals surface area contributed by atoms with Crippen LogP contribution in [0.2, 0.25) is 0 Å². The molecule has 0 aliphatic carbocycles. The monoisotopic (exact) mass is 298 g/mol. The first kappa shape index (κ1) is 15.0. The van der Waals surface area contributed by atoms with E-state index in [4.69, 9.17) is 4.74 Å². The summed E-state index contributed by atoms with van der Waals surface area (Å²) in [5.74, 6) is 0. The SMILES string of the molecule is CNCc1ccc(-c2ccccc2)n(CC2CCCO2)c1=O. The first-order chi connectivity index (χ1) is 10.8. The number of nitrogens with zero attached hydrogens (tertiary/aromatic N) is 1. The maximum absolute atomic E-state index is 12.8. The topological polar surface area (TPSA) is 43.3 Å². The van der Waals surface area contributed by atoms with E-state index in [9.17, 15) is 4.79 Å². The predicted molar refractivity (Wildman–Crippen MR) is 87.9 cm³/mol. The Hall–Kier alpha value is -1.91. The van der Waals surface area contributed by atoms with Gasteiger partial charge in [-0.2, -0.15) is 0 Å². The molecule has 1 aromatic heterocycles. The molecule has 4 heteroatoms. The lowest BCUT2D eigenvalue weighted by Crippen LogP contribution is -2.31. The molecule has 1 aliphatic heterocycles. The molecule has 3 rings (SSSR count). The second-order valence-corrected chi connectivity index (χ2v) is 5.69. The predicted octanol–water partition coefficient (Wildman–Crippen LogP) is 2.41. The van der Waals surface area contributed by atoms with E-state index in [0.717, 1.165) is 36.3 Å². The van der Waals surface area contributed by atoms with Crippen LogP contribution in [0.25, 0.3) is 11.3 Å². The van der Waals surface area contributed by atoms with Crippen LogP contribution in [-0.4, -0.2) is 24.3 Å². The van der Waals surface area contributed by atoms with E-state index in [1.54, 1.807) is 0 Å². The standard InChI is InChI=1S/C18H22N2O2/c1-19-12-15-9-10-17(14-6-3-2-4-7-14)20(18(15)21)13-16-8-5-11-22-16/h2-4,6-7,9-10,16,19H,5,8,11-13H2,1H3.